The minimum atomic E-state index is -4.70. The quantitative estimate of drug-likeness (QED) is 0.624. The molecule has 2 nitrogen and oxygen atoms in total. The van der Waals surface area contributed by atoms with Crippen molar-refractivity contribution in [2.24, 2.45) is 17.8 Å². The number of hydrogen-bond donors (Lipinski definition) is 0. The lowest BCUT2D eigenvalue weighted by atomic mass is 10.0. The first-order chi connectivity index (χ1) is 13.3. The number of alkyl halides is 3. The van der Waals surface area contributed by atoms with Crippen molar-refractivity contribution in [2.75, 3.05) is 13.1 Å². The van der Waals surface area contributed by atoms with Crippen molar-refractivity contribution in [3.8, 4) is 5.75 Å². The van der Waals surface area contributed by atoms with E-state index in [1.54, 1.807) is 12.1 Å². The second-order valence-corrected chi connectivity index (χ2v) is 7.46. The lowest BCUT2D eigenvalue weighted by Gasteiger charge is -2.20. The van der Waals surface area contributed by atoms with Gasteiger partial charge in [0.1, 0.15) is 5.75 Å². The fourth-order valence-electron chi connectivity index (χ4n) is 4.24. The van der Waals surface area contributed by atoms with Crippen LogP contribution in [0.15, 0.2) is 42.5 Å². The molecule has 1 radical (unpaired) electrons. The van der Waals surface area contributed by atoms with Gasteiger partial charge >= 0.3 is 6.36 Å². The van der Waals surface area contributed by atoms with Crippen LogP contribution in [0.2, 0.25) is 0 Å². The molecule has 0 amide bonds. The van der Waals surface area contributed by atoms with Gasteiger partial charge in [-0.1, -0.05) is 24.3 Å². The molecule has 1 saturated heterocycles. The van der Waals surface area contributed by atoms with Crippen LogP contribution in [-0.2, 0) is 6.54 Å². The van der Waals surface area contributed by atoms with E-state index in [4.69, 9.17) is 0 Å². The number of nitrogens with zero attached hydrogens (tertiary/aromatic N) is 1. The van der Waals surface area contributed by atoms with Gasteiger partial charge in [0.15, 0.2) is 11.6 Å². The molecule has 4 rings (SSSR count). The first kappa shape index (κ1) is 19.2. The number of ether oxygens (including phenoxy) is 1. The van der Waals surface area contributed by atoms with Crippen molar-refractivity contribution in [3.63, 3.8) is 0 Å². The van der Waals surface area contributed by atoms with Gasteiger partial charge in [-0.25, -0.2) is 8.78 Å². The predicted octanol–water partition coefficient (Wildman–Crippen LogP) is 5.18. The lowest BCUT2D eigenvalue weighted by Crippen LogP contribution is -2.24. The normalized spacial score (nSPS) is 24.2. The van der Waals surface area contributed by atoms with Crippen molar-refractivity contribution >= 4 is 0 Å². The first-order valence-corrected chi connectivity index (χ1v) is 9.14. The van der Waals surface area contributed by atoms with Crippen LogP contribution in [0.3, 0.4) is 0 Å². The molecule has 2 aliphatic rings. The highest BCUT2D eigenvalue weighted by molar-refractivity contribution is 5.33. The van der Waals surface area contributed by atoms with Gasteiger partial charge in [0.05, 0.1) is 0 Å². The molecule has 0 N–H and O–H groups in total. The van der Waals surface area contributed by atoms with E-state index in [1.165, 1.54) is 24.3 Å². The monoisotopic (exact) mass is 396 g/mol. The van der Waals surface area contributed by atoms with Gasteiger partial charge in [0, 0.05) is 25.2 Å². The Labute approximate surface area is 159 Å². The maximum atomic E-state index is 13.8. The van der Waals surface area contributed by atoms with E-state index in [-0.39, 0.29) is 5.75 Å². The molecule has 1 saturated carbocycles. The van der Waals surface area contributed by atoms with Gasteiger partial charge in [-0.2, -0.15) is 0 Å². The van der Waals surface area contributed by atoms with Gasteiger partial charge < -0.3 is 4.74 Å². The Morgan fingerprint density at radius 3 is 2.46 bits per heavy atom. The molecule has 0 spiro atoms. The van der Waals surface area contributed by atoms with Crippen LogP contribution in [0, 0.1) is 35.8 Å². The van der Waals surface area contributed by atoms with E-state index < -0.39 is 18.0 Å². The van der Waals surface area contributed by atoms with Gasteiger partial charge in [-0.15, -0.1) is 13.2 Å². The summed E-state index contributed by atoms with van der Waals surface area (Å²) in [6.07, 6.45) is -1.98. The summed E-state index contributed by atoms with van der Waals surface area (Å²) in [5, 5.41) is 0. The van der Waals surface area contributed by atoms with E-state index >= 15 is 0 Å². The number of piperidine rings is 1. The summed E-state index contributed by atoms with van der Waals surface area (Å²) in [4.78, 5) is 2.13. The van der Waals surface area contributed by atoms with Crippen LogP contribution >= 0.6 is 0 Å². The third-order valence-electron chi connectivity index (χ3n) is 5.59. The largest absolute Gasteiger partial charge is 0.573 e. The number of rotatable bonds is 6. The molecule has 2 aromatic carbocycles. The molecule has 28 heavy (non-hydrogen) atoms. The molecule has 149 valence electrons. The second kappa shape index (κ2) is 7.35. The van der Waals surface area contributed by atoms with Crippen LogP contribution in [0.5, 0.6) is 5.75 Å². The molecular weight excluding hydrogens is 377 g/mol. The Hall–Kier alpha value is -2.15. The van der Waals surface area contributed by atoms with Crippen LogP contribution in [0.25, 0.3) is 0 Å². The summed E-state index contributed by atoms with van der Waals surface area (Å²) in [5.41, 5.74) is 1.07. The second-order valence-electron chi connectivity index (χ2n) is 7.46. The summed E-state index contributed by atoms with van der Waals surface area (Å²) >= 11 is 0. The zero-order valence-corrected chi connectivity index (χ0v) is 14.9. The summed E-state index contributed by atoms with van der Waals surface area (Å²) in [6, 6.07) is 10.2. The molecule has 2 unspecified atom stereocenters. The average molecular weight is 396 g/mol. The predicted molar refractivity (Wildman–Crippen MR) is 93.2 cm³/mol. The van der Waals surface area contributed by atoms with Gasteiger partial charge in [-0.05, 0) is 54.4 Å². The Balaban J connectivity index is 1.26. The highest BCUT2D eigenvalue weighted by Gasteiger charge is 2.54. The minimum Gasteiger partial charge on any atom is -0.406 e. The highest BCUT2D eigenvalue weighted by Crippen LogP contribution is 2.54. The molecular formula is C21H19F5NO. The van der Waals surface area contributed by atoms with Crippen molar-refractivity contribution in [2.45, 2.75) is 19.3 Å². The molecule has 2 aromatic rings. The molecule has 1 heterocycles. The Morgan fingerprint density at radius 2 is 1.75 bits per heavy atom. The zero-order chi connectivity index (χ0) is 19.9. The lowest BCUT2D eigenvalue weighted by molar-refractivity contribution is -0.274. The standard InChI is InChI=1S/C21H19F5NO/c22-19-6-2-4-14(20(19)23)10-27-11-17-16(18(17)12-27)8-7-13-3-1-5-15(9-13)28-21(24,25)26/h1-7,9,16-18H,8,10-12H2. The van der Waals surface area contributed by atoms with Gasteiger partial charge in [0.2, 0.25) is 0 Å². The summed E-state index contributed by atoms with van der Waals surface area (Å²) in [6.45, 7) is 2.05. The van der Waals surface area contributed by atoms with Gasteiger partial charge in [-0.3, -0.25) is 4.90 Å². The van der Waals surface area contributed by atoms with E-state index in [2.05, 4.69) is 9.64 Å². The van der Waals surface area contributed by atoms with E-state index in [0.29, 0.717) is 35.4 Å². The van der Waals surface area contributed by atoms with E-state index in [9.17, 15) is 22.0 Å². The van der Waals surface area contributed by atoms with Crippen LogP contribution in [0.4, 0.5) is 22.0 Å². The van der Waals surface area contributed by atoms with Gasteiger partial charge in [0.25, 0.3) is 0 Å². The Morgan fingerprint density at radius 1 is 1.04 bits per heavy atom. The van der Waals surface area contributed by atoms with Crippen molar-refractivity contribution in [1.82, 2.24) is 4.90 Å². The highest BCUT2D eigenvalue weighted by atomic mass is 19.4. The molecule has 7 heteroatoms. The molecule has 0 aromatic heterocycles. The van der Waals surface area contributed by atoms with Crippen molar-refractivity contribution in [1.29, 1.82) is 0 Å². The molecule has 1 aliphatic heterocycles. The SMILES string of the molecule is Fc1cccc(CN2CC3C(C[CH]c4cccc(OC(F)(F)F)c4)C3C2)c1F. The average Bonchev–Trinajstić information content (AvgIpc) is 3.07. The van der Waals surface area contributed by atoms with E-state index in [0.717, 1.165) is 25.6 Å². The maximum absolute atomic E-state index is 13.8. The summed E-state index contributed by atoms with van der Waals surface area (Å²) < 4.78 is 68.0. The summed E-state index contributed by atoms with van der Waals surface area (Å²) in [5.74, 6) is -0.341. The Bertz CT molecular complexity index is 841. The third-order valence-corrected chi connectivity index (χ3v) is 5.59. The smallest absolute Gasteiger partial charge is 0.406 e. The van der Waals surface area contributed by atoms with Crippen LogP contribution in [0.1, 0.15) is 17.5 Å². The fraction of sp³-hybridized carbons (Fsp3) is 0.381. The third kappa shape index (κ3) is 4.29. The van der Waals surface area contributed by atoms with Crippen molar-refractivity contribution < 1.29 is 26.7 Å². The molecule has 2 atom stereocenters. The molecule has 2 fully saturated rings. The zero-order valence-electron chi connectivity index (χ0n) is 14.9. The summed E-state index contributed by atoms with van der Waals surface area (Å²) in [7, 11) is 0. The maximum Gasteiger partial charge on any atom is 0.573 e. The molecule has 0 bridgehead atoms. The van der Waals surface area contributed by atoms with E-state index in [1.807, 2.05) is 6.42 Å². The topological polar surface area (TPSA) is 12.5 Å². The minimum absolute atomic E-state index is 0.222. The number of fused-ring (bicyclic) bond motifs is 1. The molecule has 1 aliphatic carbocycles. The number of halogens is 5. The van der Waals surface area contributed by atoms with Crippen LogP contribution in [-0.4, -0.2) is 24.4 Å². The number of likely N-dealkylation sites (tertiary alicyclic amines) is 1. The van der Waals surface area contributed by atoms with Crippen LogP contribution < -0.4 is 4.74 Å². The Kier molecular flexibility index (Phi) is 5.04. The number of hydrogen-bond acceptors (Lipinski definition) is 2. The van der Waals surface area contributed by atoms with Crippen molar-refractivity contribution in [3.05, 3.63) is 71.6 Å². The fourth-order valence-corrected chi connectivity index (χ4v) is 4.24. The first-order valence-electron chi connectivity index (χ1n) is 9.14. The number of benzene rings is 2.